The number of aliphatic hydroxyl groups excluding tert-OH is 1. The average Bonchev–Trinajstić information content (AvgIpc) is 2.32. The molecule has 0 unspecified atom stereocenters. The molecule has 0 saturated carbocycles. The van der Waals surface area contributed by atoms with E-state index in [1.807, 2.05) is 32.0 Å². The van der Waals surface area contributed by atoms with E-state index >= 15 is 0 Å². The first-order valence-electron chi connectivity index (χ1n) is 6.03. The second kappa shape index (κ2) is 4.84. The molecular weight excluding hydrogens is 212 g/mol. The van der Waals surface area contributed by atoms with E-state index in [2.05, 4.69) is 6.08 Å². The highest BCUT2D eigenvalue weighted by Crippen LogP contribution is 2.36. The highest BCUT2D eigenvalue weighted by molar-refractivity contribution is 5.98. The van der Waals surface area contributed by atoms with Gasteiger partial charge in [0.05, 0.1) is 6.10 Å². The standard InChI is InChI=1S/C15H18O2/c1-10(2)7-8-11-9-14(16)12-5-3-4-6-13(12)15(11)17/h3-7,11,15,17H,8-9H2,1-2H3/t11-,15+/m0/s1. The number of Topliss-reactive ketones (excluding diaryl/α,β-unsaturated/α-hetero) is 1. The topological polar surface area (TPSA) is 37.3 Å². The van der Waals surface area contributed by atoms with E-state index in [0.29, 0.717) is 12.0 Å². The van der Waals surface area contributed by atoms with Crippen molar-refractivity contribution in [3.63, 3.8) is 0 Å². The predicted octanol–water partition coefficient (Wildman–Crippen LogP) is 3.28. The molecule has 1 aromatic rings. The number of carbonyl (C=O) groups is 1. The molecule has 2 rings (SSSR count). The Morgan fingerprint density at radius 3 is 2.82 bits per heavy atom. The molecule has 0 heterocycles. The molecular formula is C15H18O2. The van der Waals surface area contributed by atoms with Crippen molar-refractivity contribution in [3.05, 3.63) is 47.0 Å². The third-order valence-corrected chi connectivity index (χ3v) is 3.30. The Morgan fingerprint density at radius 1 is 1.41 bits per heavy atom. The van der Waals surface area contributed by atoms with Crippen LogP contribution in [0.3, 0.4) is 0 Å². The molecule has 90 valence electrons. The zero-order valence-electron chi connectivity index (χ0n) is 10.3. The molecule has 2 nitrogen and oxygen atoms in total. The minimum absolute atomic E-state index is 0.0206. The summed E-state index contributed by atoms with van der Waals surface area (Å²) in [6.45, 7) is 4.07. The summed E-state index contributed by atoms with van der Waals surface area (Å²) in [7, 11) is 0. The van der Waals surface area contributed by atoms with Crippen LogP contribution >= 0.6 is 0 Å². The molecule has 0 aromatic heterocycles. The normalized spacial score (nSPS) is 23.1. The van der Waals surface area contributed by atoms with E-state index in [1.54, 1.807) is 6.07 Å². The lowest BCUT2D eigenvalue weighted by atomic mass is 9.79. The molecule has 1 N–H and O–H groups in total. The molecule has 17 heavy (non-hydrogen) atoms. The maximum atomic E-state index is 12.0. The summed E-state index contributed by atoms with van der Waals surface area (Å²) in [5.41, 5.74) is 2.70. The summed E-state index contributed by atoms with van der Waals surface area (Å²) < 4.78 is 0. The van der Waals surface area contributed by atoms with Gasteiger partial charge in [-0.25, -0.2) is 0 Å². The fourth-order valence-electron chi connectivity index (χ4n) is 2.32. The number of allylic oxidation sites excluding steroid dienone is 2. The van der Waals surface area contributed by atoms with E-state index in [9.17, 15) is 9.90 Å². The maximum Gasteiger partial charge on any atom is 0.163 e. The van der Waals surface area contributed by atoms with Crippen molar-refractivity contribution in [2.75, 3.05) is 0 Å². The molecule has 0 spiro atoms. The quantitative estimate of drug-likeness (QED) is 0.792. The summed E-state index contributed by atoms with van der Waals surface area (Å²) in [5, 5.41) is 10.3. The Kier molecular flexibility index (Phi) is 3.43. The number of rotatable bonds is 2. The van der Waals surface area contributed by atoms with Crippen molar-refractivity contribution >= 4 is 5.78 Å². The van der Waals surface area contributed by atoms with Crippen LogP contribution in [-0.4, -0.2) is 10.9 Å². The van der Waals surface area contributed by atoms with Gasteiger partial charge in [0.25, 0.3) is 0 Å². The number of benzene rings is 1. The highest BCUT2D eigenvalue weighted by Gasteiger charge is 2.31. The van der Waals surface area contributed by atoms with E-state index in [4.69, 9.17) is 0 Å². The van der Waals surface area contributed by atoms with Crippen LogP contribution in [-0.2, 0) is 0 Å². The number of hydrogen-bond acceptors (Lipinski definition) is 2. The zero-order valence-corrected chi connectivity index (χ0v) is 10.3. The van der Waals surface area contributed by atoms with Crippen LogP contribution in [0.4, 0.5) is 0 Å². The minimum Gasteiger partial charge on any atom is -0.388 e. The predicted molar refractivity (Wildman–Crippen MR) is 67.9 cm³/mol. The molecule has 0 aliphatic heterocycles. The number of carbonyl (C=O) groups excluding carboxylic acids is 1. The molecule has 0 fully saturated rings. The van der Waals surface area contributed by atoms with Crippen molar-refractivity contribution in [2.45, 2.75) is 32.8 Å². The van der Waals surface area contributed by atoms with Gasteiger partial charge in [-0.3, -0.25) is 4.79 Å². The fourth-order valence-corrected chi connectivity index (χ4v) is 2.32. The average molecular weight is 230 g/mol. The smallest absolute Gasteiger partial charge is 0.163 e. The minimum atomic E-state index is -0.514. The Hall–Kier alpha value is -1.41. The van der Waals surface area contributed by atoms with E-state index in [-0.39, 0.29) is 11.7 Å². The highest BCUT2D eigenvalue weighted by atomic mass is 16.3. The molecule has 0 bridgehead atoms. The second-order valence-corrected chi connectivity index (χ2v) is 4.94. The van der Waals surface area contributed by atoms with Gasteiger partial charge in [0.1, 0.15) is 0 Å². The molecule has 0 radical (unpaired) electrons. The SMILES string of the molecule is CC(C)=CC[C@H]1CC(=O)c2ccccc2[C@@H]1O. The molecule has 2 heteroatoms. The van der Waals surface area contributed by atoms with Crippen molar-refractivity contribution in [2.24, 2.45) is 5.92 Å². The van der Waals surface area contributed by atoms with Crippen LogP contribution in [0.15, 0.2) is 35.9 Å². The summed E-state index contributed by atoms with van der Waals surface area (Å²) in [4.78, 5) is 12.0. The lowest BCUT2D eigenvalue weighted by Gasteiger charge is -2.28. The number of aliphatic hydroxyl groups is 1. The molecule has 1 aliphatic rings. The maximum absolute atomic E-state index is 12.0. The van der Waals surface area contributed by atoms with Crippen molar-refractivity contribution in [3.8, 4) is 0 Å². The van der Waals surface area contributed by atoms with Gasteiger partial charge < -0.3 is 5.11 Å². The van der Waals surface area contributed by atoms with Gasteiger partial charge in [0.15, 0.2) is 5.78 Å². The van der Waals surface area contributed by atoms with Gasteiger partial charge in [-0.2, -0.15) is 0 Å². The molecule has 1 aromatic carbocycles. The number of fused-ring (bicyclic) bond motifs is 1. The summed E-state index contributed by atoms with van der Waals surface area (Å²) >= 11 is 0. The lowest BCUT2D eigenvalue weighted by Crippen LogP contribution is -2.24. The largest absolute Gasteiger partial charge is 0.388 e. The Bertz CT molecular complexity index is 456. The summed E-state index contributed by atoms with van der Waals surface area (Å²) in [6, 6.07) is 7.38. The molecule has 0 saturated heterocycles. The van der Waals surface area contributed by atoms with Crippen LogP contribution in [0.2, 0.25) is 0 Å². The van der Waals surface area contributed by atoms with Crippen LogP contribution in [0, 0.1) is 5.92 Å². The third kappa shape index (κ3) is 2.47. The van der Waals surface area contributed by atoms with Crippen LogP contribution in [0.1, 0.15) is 48.7 Å². The molecule has 2 atom stereocenters. The number of ketones is 1. The van der Waals surface area contributed by atoms with Crippen LogP contribution < -0.4 is 0 Å². The lowest BCUT2D eigenvalue weighted by molar-refractivity contribution is 0.0714. The first-order valence-corrected chi connectivity index (χ1v) is 6.03. The Labute approximate surface area is 102 Å². The van der Waals surface area contributed by atoms with Gasteiger partial charge in [-0.05, 0) is 31.7 Å². The zero-order chi connectivity index (χ0) is 12.4. The number of hydrogen-bond donors (Lipinski definition) is 1. The second-order valence-electron chi connectivity index (χ2n) is 4.94. The van der Waals surface area contributed by atoms with Crippen molar-refractivity contribution in [1.82, 2.24) is 0 Å². The third-order valence-electron chi connectivity index (χ3n) is 3.30. The van der Waals surface area contributed by atoms with Crippen LogP contribution in [0.5, 0.6) is 0 Å². The molecule has 0 amide bonds. The van der Waals surface area contributed by atoms with Crippen molar-refractivity contribution in [1.29, 1.82) is 0 Å². The first-order chi connectivity index (χ1) is 8.09. The van der Waals surface area contributed by atoms with Crippen LogP contribution in [0.25, 0.3) is 0 Å². The van der Waals surface area contributed by atoms with E-state index < -0.39 is 6.10 Å². The van der Waals surface area contributed by atoms with Crippen molar-refractivity contribution < 1.29 is 9.90 Å². The summed E-state index contributed by atoms with van der Waals surface area (Å²) in [5.74, 6) is 0.172. The monoisotopic (exact) mass is 230 g/mol. The first kappa shape index (κ1) is 12.1. The van der Waals surface area contributed by atoms with Gasteiger partial charge in [0.2, 0.25) is 0 Å². The van der Waals surface area contributed by atoms with Gasteiger partial charge in [-0.1, -0.05) is 35.9 Å². The Balaban J connectivity index is 2.26. The Morgan fingerprint density at radius 2 is 2.12 bits per heavy atom. The van der Waals surface area contributed by atoms with Gasteiger partial charge >= 0.3 is 0 Å². The summed E-state index contributed by atoms with van der Waals surface area (Å²) in [6.07, 6.45) is 2.79. The fraction of sp³-hybridized carbons (Fsp3) is 0.400. The van der Waals surface area contributed by atoms with E-state index in [1.165, 1.54) is 5.57 Å². The van der Waals surface area contributed by atoms with E-state index in [0.717, 1.165) is 12.0 Å². The molecule has 1 aliphatic carbocycles. The van der Waals surface area contributed by atoms with Gasteiger partial charge in [0, 0.05) is 12.0 Å². The van der Waals surface area contributed by atoms with Gasteiger partial charge in [-0.15, -0.1) is 0 Å².